The quantitative estimate of drug-likeness (QED) is 0.459. The van der Waals surface area contributed by atoms with Gasteiger partial charge >= 0.3 is 6.03 Å². The molecular weight excluding hydrogens is 458 g/mol. The SMILES string of the molecule is CN(C)c1nc(NC2CCC(N(C(N)=O)c3cc(Cl)ccc3[N+](=O)[O-])CC2)nc2c1CCCC2. The smallest absolute Gasteiger partial charge is 0.319 e. The molecule has 0 saturated heterocycles. The van der Waals surface area contributed by atoms with E-state index >= 15 is 0 Å². The van der Waals surface area contributed by atoms with Crippen LogP contribution >= 0.6 is 11.6 Å². The first-order valence-electron chi connectivity index (χ1n) is 11.6. The molecule has 11 heteroatoms. The summed E-state index contributed by atoms with van der Waals surface area (Å²) in [5, 5.41) is 15.3. The van der Waals surface area contributed by atoms with E-state index in [1.807, 2.05) is 19.0 Å². The van der Waals surface area contributed by atoms with Crippen LogP contribution in [0.4, 0.5) is 27.9 Å². The van der Waals surface area contributed by atoms with Crippen LogP contribution in [0.25, 0.3) is 0 Å². The molecule has 3 N–H and O–H groups in total. The van der Waals surface area contributed by atoms with E-state index < -0.39 is 11.0 Å². The summed E-state index contributed by atoms with van der Waals surface area (Å²) in [5.41, 5.74) is 7.97. The minimum absolute atomic E-state index is 0.134. The van der Waals surface area contributed by atoms with Crippen LogP contribution in [0.2, 0.25) is 5.02 Å². The highest BCUT2D eigenvalue weighted by molar-refractivity contribution is 6.31. The molecular formula is C23H30ClN7O3. The van der Waals surface area contributed by atoms with Crippen LogP contribution in [0, 0.1) is 10.1 Å². The molecule has 34 heavy (non-hydrogen) atoms. The van der Waals surface area contributed by atoms with Gasteiger partial charge in [0.2, 0.25) is 5.95 Å². The van der Waals surface area contributed by atoms with E-state index in [4.69, 9.17) is 27.3 Å². The van der Waals surface area contributed by atoms with E-state index in [0.29, 0.717) is 23.8 Å². The van der Waals surface area contributed by atoms with Gasteiger partial charge < -0.3 is 16.0 Å². The number of rotatable bonds is 6. The van der Waals surface area contributed by atoms with Crippen molar-refractivity contribution in [2.45, 2.75) is 63.5 Å². The Balaban J connectivity index is 1.49. The van der Waals surface area contributed by atoms with Gasteiger partial charge in [-0.05, 0) is 63.5 Å². The number of nitro groups is 1. The van der Waals surface area contributed by atoms with Crippen molar-refractivity contribution < 1.29 is 9.72 Å². The van der Waals surface area contributed by atoms with Gasteiger partial charge in [0.25, 0.3) is 5.69 Å². The average molecular weight is 488 g/mol. The van der Waals surface area contributed by atoms with E-state index in [1.165, 1.54) is 28.7 Å². The number of hydrogen-bond donors (Lipinski definition) is 2. The first-order chi connectivity index (χ1) is 16.2. The molecule has 2 aliphatic carbocycles. The number of hydrogen-bond acceptors (Lipinski definition) is 7. The standard InChI is InChI=1S/C23H30ClN7O3/c1-29(2)21-17-5-3-4-6-18(17)27-23(28-21)26-15-8-10-16(11-9-15)30(22(25)32)20-13-14(24)7-12-19(20)31(33)34/h7,12-13,15-16H,3-6,8-11H2,1-2H3,(H2,25,32)(H,26,27,28). The number of aryl methyl sites for hydroxylation is 1. The molecule has 0 atom stereocenters. The summed E-state index contributed by atoms with van der Waals surface area (Å²) >= 11 is 6.08. The normalized spacial score (nSPS) is 19.7. The van der Waals surface area contributed by atoms with Crippen molar-refractivity contribution in [3.05, 3.63) is 44.6 Å². The number of halogens is 1. The molecule has 1 aromatic carbocycles. The lowest BCUT2D eigenvalue weighted by Crippen LogP contribution is -2.47. The van der Waals surface area contributed by atoms with Crippen molar-refractivity contribution in [3.8, 4) is 0 Å². The molecule has 2 aromatic rings. The molecule has 0 spiro atoms. The number of nitrogens with two attached hydrogens (primary N) is 1. The van der Waals surface area contributed by atoms with Crippen molar-refractivity contribution >= 4 is 40.8 Å². The molecule has 2 amide bonds. The zero-order valence-corrected chi connectivity index (χ0v) is 20.2. The third kappa shape index (κ3) is 5.01. The average Bonchev–Trinajstić information content (AvgIpc) is 2.79. The van der Waals surface area contributed by atoms with Gasteiger partial charge in [-0.25, -0.2) is 9.78 Å². The number of aromatic nitrogens is 2. The maximum atomic E-state index is 12.3. The third-order valence-electron chi connectivity index (χ3n) is 6.61. The Morgan fingerprint density at radius 3 is 2.53 bits per heavy atom. The van der Waals surface area contributed by atoms with Crippen LogP contribution in [0.5, 0.6) is 0 Å². The summed E-state index contributed by atoms with van der Waals surface area (Å²) in [6.45, 7) is 0. The summed E-state index contributed by atoms with van der Waals surface area (Å²) in [6, 6.07) is 3.32. The molecule has 0 bridgehead atoms. The second kappa shape index (κ2) is 10.0. The summed E-state index contributed by atoms with van der Waals surface area (Å²) in [5.74, 6) is 1.60. The Morgan fingerprint density at radius 1 is 1.18 bits per heavy atom. The highest BCUT2D eigenvalue weighted by atomic mass is 35.5. The second-order valence-corrected chi connectivity index (χ2v) is 9.58. The van der Waals surface area contributed by atoms with E-state index in [-0.39, 0.29) is 23.5 Å². The first kappa shape index (κ1) is 24.0. The van der Waals surface area contributed by atoms with Crippen LogP contribution in [0.15, 0.2) is 18.2 Å². The van der Waals surface area contributed by atoms with Crippen LogP contribution in [0.1, 0.15) is 49.8 Å². The number of nitro benzene ring substituents is 1. The highest BCUT2D eigenvalue weighted by Gasteiger charge is 2.33. The number of carbonyl (C=O) groups is 1. The van der Waals surface area contributed by atoms with Gasteiger partial charge in [-0.1, -0.05) is 11.6 Å². The molecule has 2 aliphatic rings. The maximum absolute atomic E-state index is 12.3. The van der Waals surface area contributed by atoms with Crippen LogP contribution in [-0.2, 0) is 12.8 Å². The maximum Gasteiger partial charge on any atom is 0.319 e. The van der Waals surface area contributed by atoms with Gasteiger partial charge in [0.05, 0.1) is 10.6 Å². The van der Waals surface area contributed by atoms with Crippen molar-refractivity contribution in [3.63, 3.8) is 0 Å². The van der Waals surface area contributed by atoms with Crippen molar-refractivity contribution in [1.82, 2.24) is 9.97 Å². The number of amides is 2. The predicted octanol–water partition coefficient (Wildman–Crippen LogP) is 4.29. The zero-order chi connectivity index (χ0) is 24.4. The monoisotopic (exact) mass is 487 g/mol. The van der Waals surface area contributed by atoms with Crippen LogP contribution in [0.3, 0.4) is 0 Å². The minimum atomic E-state index is -0.726. The third-order valence-corrected chi connectivity index (χ3v) is 6.85. The molecule has 1 aromatic heterocycles. The Bertz CT molecular complexity index is 1090. The molecule has 182 valence electrons. The van der Waals surface area contributed by atoms with Gasteiger partial charge in [0.15, 0.2) is 0 Å². The first-order valence-corrected chi connectivity index (χ1v) is 12.0. The number of primary amides is 1. The van der Waals surface area contributed by atoms with Crippen LogP contribution in [-0.4, -0.2) is 47.1 Å². The van der Waals surface area contributed by atoms with E-state index in [1.54, 1.807) is 0 Å². The summed E-state index contributed by atoms with van der Waals surface area (Å²) in [7, 11) is 4.00. The number of carbonyl (C=O) groups excluding carboxylic acids is 1. The van der Waals surface area contributed by atoms with E-state index in [0.717, 1.165) is 50.0 Å². The molecule has 0 radical (unpaired) electrons. The zero-order valence-electron chi connectivity index (χ0n) is 19.5. The van der Waals surface area contributed by atoms with Crippen molar-refractivity contribution in [2.75, 3.05) is 29.2 Å². The van der Waals surface area contributed by atoms with Crippen molar-refractivity contribution in [2.24, 2.45) is 5.73 Å². The Labute approximate surface area is 203 Å². The van der Waals surface area contributed by atoms with Gasteiger partial charge in [-0.15, -0.1) is 0 Å². The number of nitrogens with one attached hydrogen (secondary N) is 1. The summed E-state index contributed by atoms with van der Waals surface area (Å²) in [4.78, 5) is 36.3. The van der Waals surface area contributed by atoms with Crippen LogP contribution < -0.4 is 20.9 Å². The van der Waals surface area contributed by atoms with Crippen molar-refractivity contribution in [1.29, 1.82) is 0 Å². The number of anilines is 3. The van der Waals surface area contributed by atoms with E-state index in [2.05, 4.69) is 5.32 Å². The Morgan fingerprint density at radius 2 is 1.88 bits per heavy atom. The number of fused-ring (bicyclic) bond motifs is 1. The molecule has 1 saturated carbocycles. The summed E-state index contributed by atoms with van der Waals surface area (Å²) in [6.07, 6.45) is 7.04. The number of urea groups is 1. The fraction of sp³-hybridized carbons (Fsp3) is 0.522. The number of nitrogens with zero attached hydrogens (tertiary/aromatic N) is 5. The topological polar surface area (TPSA) is 131 Å². The van der Waals surface area contributed by atoms with Gasteiger partial charge in [0.1, 0.15) is 11.5 Å². The predicted molar refractivity (Wildman–Crippen MR) is 133 cm³/mol. The lowest BCUT2D eigenvalue weighted by molar-refractivity contribution is -0.384. The molecule has 0 unspecified atom stereocenters. The fourth-order valence-electron chi connectivity index (χ4n) is 5.01. The second-order valence-electron chi connectivity index (χ2n) is 9.15. The minimum Gasteiger partial charge on any atom is -0.362 e. The fourth-order valence-corrected chi connectivity index (χ4v) is 5.18. The molecule has 4 rings (SSSR count). The summed E-state index contributed by atoms with van der Waals surface area (Å²) < 4.78 is 0. The number of benzene rings is 1. The van der Waals surface area contributed by atoms with Gasteiger partial charge in [-0.2, -0.15) is 4.98 Å². The van der Waals surface area contributed by atoms with Gasteiger partial charge in [0, 0.05) is 42.8 Å². The lowest BCUT2D eigenvalue weighted by atomic mass is 9.90. The lowest BCUT2D eigenvalue weighted by Gasteiger charge is -2.36. The largest absolute Gasteiger partial charge is 0.362 e. The van der Waals surface area contributed by atoms with Gasteiger partial charge in [-0.3, -0.25) is 15.0 Å². The Hall–Kier alpha value is -3.14. The highest BCUT2D eigenvalue weighted by Crippen LogP contribution is 2.36. The molecule has 1 heterocycles. The molecule has 10 nitrogen and oxygen atoms in total. The molecule has 0 aliphatic heterocycles. The van der Waals surface area contributed by atoms with E-state index in [9.17, 15) is 14.9 Å². The Kier molecular flexibility index (Phi) is 7.06. The molecule has 1 fully saturated rings.